The fourth-order valence-electron chi connectivity index (χ4n) is 3.98. The van der Waals surface area contributed by atoms with Gasteiger partial charge in [-0.3, -0.25) is 9.59 Å². The molecule has 2 aromatic heterocycles. The van der Waals surface area contributed by atoms with Crippen LogP contribution in [-0.2, 0) is 13.0 Å². The van der Waals surface area contributed by atoms with Gasteiger partial charge < -0.3 is 14.3 Å². The van der Waals surface area contributed by atoms with Gasteiger partial charge in [-0.15, -0.1) is 10.2 Å². The summed E-state index contributed by atoms with van der Waals surface area (Å²) in [6.07, 6.45) is 4.44. The van der Waals surface area contributed by atoms with E-state index in [0.717, 1.165) is 48.6 Å². The van der Waals surface area contributed by atoms with Gasteiger partial charge in [0.25, 0.3) is 5.91 Å². The molecule has 1 amide bonds. The Morgan fingerprint density at radius 1 is 1.03 bits per heavy atom. The molecule has 0 radical (unpaired) electrons. The number of hydrogen-bond acceptors (Lipinski definition) is 5. The molecule has 1 N–H and O–H groups in total. The van der Waals surface area contributed by atoms with E-state index < -0.39 is 5.91 Å². The van der Waals surface area contributed by atoms with E-state index in [0.29, 0.717) is 16.7 Å². The minimum Gasteiger partial charge on any atom is -0.451 e. The fraction of sp³-hybridized carbons (Fsp3) is 0.250. The molecule has 0 bridgehead atoms. The average molecular weight is 414 g/mol. The minimum absolute atomic E-state index is 0.0202. The molecule has 7 heteroatoms. The Balaban J connectivity index is 1.37. The van der Waals surface area contributed by atoms with Crippen LogP contribution in [0.1, 0.15) is 41.2 Å². The Morgan fingerprint density at radius 2 is 1.87 bits per heavy atom. The van der Waals surface area contributed by atoms with Crippen LogP contribution in [0.2, 0.25) is 0 Å². The molecule has 0 fully saturated rings. The number of rotatable bonds is 3. The number of nitrogens with zero attached hydrogens (tertiary/aromatic N) is 3. The highest BCUT2D eigenvalue weighted by Crippen LogP contribution is 2.24. The molecule has 2 aromatic carbocycles. The number of carbonyl (C=O) groups is 1. The van der Waals surface area contributed by atoms with Crippen molar-refractivity contribution >= 4 is 22.6 Å². The molecule has 0 saturated heterocycles. The number of hydrogen-bond donors (Lipinski definition) is 1. The summed E-state index contributed by atoms with van der Waals surface area (Å²) >= 11 is 0. The Morgan fingerprint density at radius 3 is 2.71 bits per heavy atom. The van der Waals surface area contributed by atoms with Gasteiger partial charge in [-0.1, -0.05) is 18.1 Å². The second kappa shape index (κ2) is 7.83. The summed E-state index contributed by atoms with van der Waals surface area (Å²) < 4.78 is 7.84. The van der Waals surface area contributed by atoms with Crippen molar-refractivity contribution in [1.29, 1.82) is 0 Å². The van der Waals surface area contributed by atoms with Crippen LogP contribution in [0.15, 0.2) is 57.7 Å². The van der Waals surface area contributed by atoms with Crippen LogP contribution in [0, 0.1) is 6.92 Å². The molecule has 156 valence electrons. The molecule has 7 nitrogen and oxygen atoms in total. The first-order chi connectivity index (χ1) is 15.1. The van der Waals surface area contributed by atoms with Crippen molar-refractivity contribution in [2.75, 3.05) is 5.32 Å². The summed E-state index contributed by atoms with van der Waals surface area (Å²) in [5, 5.41) is 12.0. The lowest BCUT2D eigenvalue weighted by atomic mass is 10.1. The summed E-state index contributed by atoms with van der Waals surface area (Å²) in [6, 6.07) is 14.0. The van der Waals surface area contributed by atoms with E-state index in [2.05, 4.69) is 20.1 Å². The van der Waals surface area contributed by atoms with Crippen LogP contribution < -0.4 is 10.7 Å². The molecule has 1 aliphatic rings. The van der Waals surface area contributed by atoms with Gasteiger partial charge in [0.2, 0.25) is 0 Å². The third-order valence-corrected chi connectivity index (χ3v) is 5.62. The summed E-state index contributed by atoms with van der Waals surface area (Å²) in [4.78, 5) is 25.0. The van der Waals surface area contributed by atoms with Crippen molar-refractivity contribution < 1.29 is 9.21 Å². The van der Waals surface area contributed by atoms with E-state index in [1.165, 1.54) is 12.5 Å². The van der Waals surface area contributed by atoms with E-state index in [1.807, 2.05) is 37.3 Å². The molecule has 0 atom stereocenters. The van der Waals surface area contributed by atoms with Crippen LogP contribution in [0.25, 0.3) is 22.4 Å². The number of aromatic nitrogens is 3. The van der Waals surface area contributed by atoms with E-state index >= 15 is 0 Å². The first-order valence-electron chi connectivity index (χ1n) is 10.5. The van der Waals surface area contributed by atoms with E-state index in [1.54, 1.807) is 12.1 Å². The van der Waals surface area contributed by atoms with Crippen LogP contribution in [0.5, 0.6) is 0 Å². The summed E-state index contributed by atoms with van der Waals surface area (Å²) in [7, 11) is 0. The number of aryl methyl sites for hydroxylation is 2. The SMILES string of the molecule is Cc1ccc2oc(C(=O)Nc3ccc(-c4nnc5n4CCCCC5)cc3)cc(=O)c2c1. The van der Waals surface area contributed by atoms with Gasteiger partial charge in [0.15, 0.2) is 17.0 Å². The normalized spacial score (nSPS) is 13.6. The Kier molecular flexibility index (Phi) is 4.86. The van der Waals surface area contributed by atoms with Crippen LogP contribution in [-0.4, -0.2) is 20.7 Å². The summed E-state index contributed by atoms with van der Waals surface area (Å²) in [6.45, 7) is 2.83. The molecule has 3 heterocycles. The Bertz CT molecular complexity index is 1340. The lowest BCUT2D eigenvalue weighted by Gasteiger charge is -2.09. The van der Waals surface area contributed by atoms with Crippen molar-refractivity contribution in [3.63, 3.8) is 0 Å². The maximum atomic E-state index is 12.7. The third kappa shape index (κ3) is 3.74. The molecule has 0 aliphatic carbocycles. The fourth-order valence-corrected chi connectivity index (χ4v) is 3.98. The predicted octanol–water partition coefficient (Wildman–Crippen LogP) is 4.34. The van der Waals surface area contributed by atoms with E-state index in [9.17, 15) is 9.59 Å². The molecular weight excluding hydrogens is 392 g/mol. The monoisotopic (exact) mass is 414 g/mol. The maximum Gasteiger partial charge on any atom is 0.291 e. The van der Waals surface area contributed by atoms with Gasteiger partial charge >= 0.3 is 0 Å². The Labute approximate surface area is 178 Å². The first kappa shape index (κ1) is 19.2. The van der Waals surface area contributed by atoms with Gasteiger partial charge in [0, 0.05) is 30.3 Å². The third-order valence-electron chi connectivity index (χ3n) is 5.62. The number of carbonyl (C=O) groups excluding carboxylic acids is 1. The largest absolute Gasteiger partial charge is 0.451 e. The summed E-state index contributed by atoms with van der Waals surface area (Å²) in [5.74, 6) is 1.40. The van der Waals surface area contributed by atoms with Crippen molar-refractivity contribution in [3.8, 4) is 11.4 Å². The first-order valence-corrected chi connectivity index (χ1v) is 10.5. The maximum absolute atomic E-state index is 12.7. The van der Waals surface area contributed by atoms with E-state index in [-0.39, 0.29) is 11.2 Å². The van der Waals surface area contributed by atoms with Gasteiger partial charge in [0.05, 0.1) is 5.39 Å². The second-order valence-corrected chi connectivity index (χ2v) is 7.91. The highest BCUT2D eigenvalue weighted by molar-refractivity contribution is 6.03. The van der Waals surface area contributed by atoms with Crippen LogP contribution in [0.3, 0.4) is 0 Å². The quantitative estimate of drug-likeness (QED) is 0.539. The highest BCUT2D eigenvalue weighted by Gasteiger charge is 2.17. The number of amides is 1. The zero-order valence-electron chi connectivity index (χ0n) is 17.2. The molecular formula is C24H22N4O3. The highest BCUT2D eigenvalue weighted by atomic mass is 16.3. The van der Waals surface area contributed by atoms with Gasteiger partial charge in [0.1, 0.15) is 11.4 Å². The molecule has 5 rings (SSSR count). The molecule has 0 saturated carbocycles. The van der Waals surface area contributed by atoms with Crippen molar-refractivity contribution in [2.24, 2.45) is 0 Å². The van der Waals surface area contributed by atoms with Gasteiger partial charge in [-0.05, 0) is 56.2 Å². The zero-order valence-corrected chi connectivity index (χ0v) is 17.2. The van der Waals surface area contributed by atoms with Gasteiger partial charge in [-0.2, -0.15) is 0 Å². The van der Waals surface area contributed by atoms with Crippen molar-refractivity contribution in [1.82, 2.24) is 14.8 Å². The topological polar surface area (TPSA) is 90.0 Å². The Hall–Kier alpha value is -3.74. The average Bonchev–Trinajstić information content (AvgIpc) is 3.02. The predicted molar refractivity (Wildman–Crippen MR) is 118 cm³/mol. The standard InChI is InChI=1S/C24H22N4O3/c1-15-6-11-20-18(13-15)19(29)14-21(31-20)24(30)25-17-9-7-16(8-10-17)23-27-26-22-5-3-2-4-12-28(22)23/h6-11,13-14H,2-5,12H2,1H3,(H,25,30). The van der Waals surface area contributed by atoms with E-state index in [4.69, 9.17) is 4.42 Å². The molecule has 31 heavy (non-hydrogen) atoms. The lowest BCUT2D eigenvalue weighted by molar-refractivity contribution is 0.0997. The van der Waals surface area contributed by atoms with Crippen molar-refractivity contribution in [3.05, 3.63) is 75.9 Å². The number of anilines is 1. The lowest BCUT2D eigenvalue weighted by Crippen LogP contribution is -2.15. The smallest absolute Gasteiger partial charge is 0.291 e. The van der Waals surface area contributed by atoms with Crippen LogP contribution >= 0.6 is 0 Å². The zero-order chi connectivity index (χ0) is 21.4. The number of nitrogens with one attached hydrogen (secondary N) is 1. The summed E-state index contributed by atoms with van der Waals surface area (Å²) in [5.41, 5.74) is 2.67. The van der Waals surface area contributed by atoms with Crippen molar-refractivity contribution in [2.45, 2.75) is 39.2 Å². The molecule has 0 spiro atoms. The van der Waals surface area contributed by atoms with Gasteiger partial charge in [-0.25, -0.2) is 0 Å². The van der Waals surface area contributed by atoms with Crippen LogP contribution in [0.4, 0.5) is 5.69 Å². The molecule has 0 unspecified atom stereocenters. The number of fused-ring (bicyclic) bond motifs is 2. The molecule has 1 aliphatic heterocycles. The second-order valence-electron chi connectivity index (χ2n) is 7.91. The molecule has 4 aromatic rings. The number of benzene rings is 2. The minimum atomic E-state index is -0.469.